The lowest BCUT2D eigenvalue weighted by molar-refractivity contribution is -0.141. The third-order valence-electron chi connectivity index (χ3n) is 1.53. The van der Waals surface area contributed by atoms with Crippen LogP contribution < -0.4 is 0 Å². The predicted octanol–water partition coefficient (Wildman–Crippen LogP) is 2.04. The van der Waals surface area contributed by atoms with Crippen LogP contribution in [0, 0.1) is 11.8 Å². The van der Waals surface area contributed by atoms with Crippen LogP contribution in [0.25, 0.3) is 0 Å². The average Bonchev–Trinajstić information content (AvgIpc) is 2.21. The highest BCUT2D eigenvalue weighted by atomic mass is 35.5. The van der Waals surface area contributed by atoms with Crippen LogP contribution in [0.5, 0.6) is 0 Å². The Kier molecular flexibility index (Phi) is 4.65. The van der Waals surface area contributed by atoms with Crippen molar-refractivity contribution in [2.24, 2.45) is 0 Å². The molecule has 78 valence electrons. The number of pyridine rings is 1. The van der Waals surface area contributed by atoms with Gasteiger partial charge in [-0.15, -0.1) is 0 Å². The van der Waals surface area contributed by atoms with E-state index in [2.05, 4.69) is 16.8 Å². The summed E-state index contributed by atoms with van der Waals surface area (Å²) >= 11 is 5.82. The zero-order valence-electron chi connectivity index (χ0n) is 8.29. The zero-order valence-corrected chi connectivity index (χ0v) is 9.04. The minimum Gasteiger partial charge on any atom is -0.465 e. The average molecular weight is 224 g/mol. The SMILES string of the molecule is CCOC(=O)CC#Cc1ccncc1Cl. The van der Waals surface area contributed by atoms with Crippen molar-refractivity contribution < 1.29 is 9.53 Å². The fourth-order valence-corrected chi connectivity index (χ4v) is 1.07. The lowest BCUT2D eigenvalue weighted by Crippen LogP contribution is -2.01. The molecule has 0 radical (unpaired) electrons. The number of ether oxygens (including phenoxy) is 1. The first-order valence-electron chi connectivity index (χ1n) is 4.48. The molecule has 0 bridgehead atoms. The van der Waals surface area contributed by atoms with E-state index in [0.29, 0.717) is 17.2 Å². The third-order valence-corrected chi connectivity index (χ3v) is 1.83. The quantitative estimate of drug-likeness (QED) is 0.569. The number of halogens is 1. The molecule has 1 heterocycles. The van der Waals surface area contributed by atoms with E-state index in [1.807, 2.05) is 0 Å². The fourth-order valence-electron chi connectivity index (χ4n) is 0.900. The number of rotatable bonds is 2. The monoisotopic (exact) mass is 223 g/mol. The molecule has 0 aliphatic heterocycles. The summed E-state index contributed by atoms with van der Waals surface area (Å²) in [5.41, 5.74) is 0.663. The van der Waals surface area contributed by atoms with Crippen LogP contribution in [-0.2, 0) is 9.53 Å². The van der Waals surface area contributed by atoms with Crippen LogP contribution >= 0.6 is 11.6 Å². The topological polar surface area (TPSA) is 39.2 Å². The van der Waals surface area contributed by atoms with Crippen molar-refractivity contribution in [3.05, 3.63) is 29.0 Å². The lowest BCUT2D eigenvalue weighted by Gasteiger charge is -1.95. The van der Waals surface area contributed by atoms with Crippen molar-refractivity contribution in [2.75, 3.05) is 6.61 Å². The highest BCUT2D eigenvalue weighted by Crippen LogP contribution is 2.11. The number of esters is 1. The molecule has 0 atom stereocenters. The van der Waals surface area contributed by atoms with Crippen molar-refractivity contribution in [3.8, 4) is 11.8 Å². The molecule has 0 saturated carbocycles. The van der Waals surface area contributed by atoms with E-state index in [9.17, 15) is 4.79 Å². The minimum absolute atomic E-state index is 0.0759. The smallest absolute Gasteiger partial charge is 0.317 e. The first-order valence-corrected chi connectivity index (χ1v) is 4.86. The maximum atomic E-state index is 10.9. The van der Waals surface area contributed by atoms with Gasteiger partial charge in [0.1, 0.15) is 6.42 Å². The minimum atomic E-state index is -0.324. The van der Waals surface area contributed by atoms with Gasteiger partial charge in [0, 0.05) is 18.0 Å². The van der Waals surface area contributed by atoms with Gasteiger partial charge in [-0.1, -0.05) is 23.4 Å². The Morgan fingerprint density at radius 1 is 1.67 bits per heavy atom. The van der Waals surface area contributed by atoms with Crippen LogP contribution in [-0.4, -0.2) is 17.6 Å². The largest absolute Gasteiger partial charge is 0.465 e. The molecule has 0 unspecified atom stereocenters. The Morgan fingerprint density at radius 3 is 3.13 bits per heavy atom. The summed E-state index contributed by atoms with van der Waals surface area (Å²) in [6.07, 6.45) is 3.18. The molecule has 0 aliphatic carbocycles. The van der Waals surface area contributed by atoms with Crippen molar-refractivity contribution in [2.45, 2.75) is 13.3 Å². The highest BCUT2D eigenvalue weighted by Gasteiger charge is 1.97. The summed E-state index contributed by atoms with van der Waals surface area (Å²) in [5.74, 6) is 5.15. The van der Waals surface area contributed by atoms with Gasteiger partial charge in [0.05, 0.1) is 11.6 Å². The van der Waals surface area contributed by atoms with Gasteiger partial charge in [-0.25, -0.2) is 0 Å². The summed E-state index contributed by atoms with van der Waals surface area (Å²) in [6, 6.07) is 1.69. The van der Waals surface area contributed by atoms with E-state index in [-0.39, 0.29) is 12.4 Å². The van der Waals surface area contributed by atoms with E-state index in [4.69, 9.17) is 16.3 Å². The molecule has 4 heteroatoms. The Labute approximate surface area is 93.4 Å². The Bertz CT molecular complexity index is 407. The third kappa shape index (κ3) is 4.01. The van der Waals surface area contributed by atoms with Crippen LogP contribution in [0.1, 0.15) is 18.9 Å². The molecule has 0 fully saturated rings. The maximum absolute atomic E-state index is 10.9. The molecule has 1 aromatic rings. The van der Waals surface area contributed by atoms with E-state index in [0.717, 1.165) is 0 Å². The maximum Gasteiger partial charge on any atom is 0.317 e. The first kappa shape index (κ1) is 11.5. The highest BCUT2D eigenvalue weighted by molar-refractivity contribution is 6.31. The number of aromatic nitrogens is 1. The van der Waals surface area contributed by atoms with Gasteiger partial charge in [-0.2, -0.15) is 0 Å². The van der Waals surface area contributed by atoms with Gasteiger partial charge < -0.3 is 4.74 Å². The normalized spacial score (nSPS) is 8.93. The van der Waals surface area contributed by atoms with Gasteiger partial charge in [0.15, 0.2) is 0 Å². The second kappa shape index (κ2) is 6.05. The van der Waals surface area contributed by atoms with Gasteiger partial charge in [0.25, 0.3) is 0 Å². The number of hydrogen-bond acceptors (Lipinski definition) is 3. The van der Waals surface area contributed by atoms with Crippen LogP contribution in [0.3, 0.4) is 0 Å². The summed E-state index contributed by atoms with van der Waals surface area (Å²) in [5, 5.41) is 0.480. The molecule has 0 N–H and O–H groups in total. The number of nitrogens with zero attached hydrogens (tertiary/aromatic N) is 1. The fraction of sp³-hybridized carbons (Fsp3) is 0.273. The number of hydrogen-bond donors (Lipinski definition) is 0. The molecule has 3 nitrogen and oxygen atoms in total. The molecular formula is C11H10ClNO2. The first-order chi connectivity index (χ1) is 7.24. The molecule has 15 heavy (non-hydrogen) atoms. The molecule has 0 spiro atoms. The van der Waals surface area contributed by atoms with Crippen molar-refractivity contribution in [1.82, 2.24) is 4.98 Å². The van der Waals surface area contributed by atoms with Crippen molar-refractivity contribution in [1.29, 1.82) is 0 Å². The van der Waals surface area contributed by atoms with E-state index >= 15 is 0 Å². The van der Waals surface area contributed by atoms with Gasteiger partial charge in [-0.05, 0) is 13.0 Å². The van der Waals surface area contributed by atoms with Gasteiger partial charge in [0.2, 0.25) is 0 Å². The van der Waals surface area contributed by atoms with Crippen LogP contribution in [0.2, 0.25) is 5.02 Å². The second-order valence-corrected chi connectivity index (χ2v) is 3.05. The Hall–Kier alpha value is -1.53. The Balaban J connectivity index is 2.59. The van der Waals surface area contributed by atoms with Gasteiger partial charge >= 0.3 is 5.97 Å². The Morgan fingerprint density at radius 2 is 2.47 bits per heavy atom. The summed E-state index contributed by atoms with van der Waals surface area (Å²) in [4.78, 5) is 14.8. The standard InChI is InChI=1S/C11H10ClNO2/c1-2-15-11(14)5-3-4-9-6-7-13-8-10(9)12/h6-8H,2,5H2,1H3. The lowest BCUT2D eigenvalue weighted by atomic mass is 10.2. The van der Waals surface area contributed by atoms with Gasteiger partial charge in [-0.3, -0.25) is 9.78 Å². The molecule has 1 rings (SSSR count). The summed E-state index contributed by atoms with van der Waals surface area (Å²) < 4.78 is 4.72. The second-order valence-electron chi connectivity index (χ2n) is 2.64. The number of carbonyl (C=O) groups excluding carboxylic acids is 1. The van der Waals surface area contributed by atoms with Crippen molar-refractivity contribution in [3.63, 3.8) is 0 Å². The molecule has 0 amide bonds. The van der Waals surface area contributed by atoms with E-state index in [1.54, 1.807) is 19.2 Å². The molecular weight excluding hydrogens is 214 g/mol. The molecule has 0 saturated heterocycles. The molecule has 1 aromatic heterocycles. The van der Waals surface area contributed by atoms with Crippen molar-refractivity contribution >= 4 is 17.6 Å². The summed E-state index contributed by atoms with van der Waals surface area (Å²) in [6.45, 7) is 2.13. The van der Waals surface area contributed by atoms with E-state index < -0.39 is 0 Å². The van der Waals surface area contributed by atoms with Crippen LogP contribution in [0.15, 0.2) is 18.5 Å². The molecule has 0 aromatic carbocycles. The van der Waals surface area contributed by atoms with Crippen LogP contribution in [0.4, 0.5) is 0 Å². The zero-order chi connectivity index (χ0) is 11.1. The van der Waals surface area contributed by atoms with E-state index in [1.165, 1.54) is 6.20 Å². The predicted molar refractivity (Wildman–Crippen MR) is 57.4 cm³/mol. The number of carbonyl (C=O) groups is 1. The summed E-state index contributed by atoms with van der Waals surface area (Å²) in [7, 11) is 0. The molecule has 0 aliphatic rings.